The van der Waals surface area contributed by atoms with E-state index >= 15 is 0 Å². The first-order valence-corrected chi connectivity index (χ1v) is 8.79. The quantitative estimate of drug-likeness (QED) is 0.640. The van der Waals surface area contributed by atoms with Crippen LogP contribution in [0.1, 0.15) is 64.2 Å². The number of alkyl halides is 1. The van der Waals surface area contributed by atoms with Crippen LogP contribution in [0.25, 0.3) is 0 Å². The van der Waals surface area contributed by atoms with Crippen LogP contribution in [0.2, 0.25) is 0 Å². The van der Waals surface area contributed by atoms with Crippen LogP contribution < -0.4 is 0 Å². The van der Waals surface area contributed by atoms with Gasteiger partial charge in [0.15, 0.2) is 0 Å². The second-order valence-corrected chi connectivity index (χ2v) is 8.18. The third kappa shape index (κ3) is 2.84. The molecule has 0 spiro atoms. The molecule has 0 aromatic carbocycles. The molecular formula is C16H25BrO. The van der Waals surface area contributed by atoms with Crippen molar-refractivity contribution in [2.45, 2.75) is 69.0 Å². The van der Waals surface area contributed by atoms with Crippen molar-refractivity contribution in [2.24, 2.45) is 23.7 Å². The van der Waals surface area contributed by atoms with E-state index in [4.69, 9.17) is 0 Å². The molecule has 3 rings (SSSR count). The highest BCUT2D eigenvalue weighted by Gasteiger charge is 2.38. The summed E-state index contributed by atoms with van der Waals surface area (Å²) in [5, 5.41) is 0. The first-order valence-electron chi connectivity index (χ1n) is 7.88. The topological polar surface area (TPSA) is 17.1 Å². The molecule has 0 N–H and O–H groups in total. The normalized spacial score (nSPS) is 45.6. The zero-order chi connectivity index (χ0) is 12.5. The number of rotatable bonds is 1. The predicted octanol–water partition coefficient (Wildman–Crippen LogP) is 4.73. The maximum atomic E-state index is 11.5. The molecule has 0 heterocycles. The van der Waals surface area contributed by atoms with Gasteiger partial charge in [0.1, 0.15) is 5.78 Å². The maximum Gasteiger partial charge on any atom is 0.133 e. The molecule has 102 valence electrons. The van der Waals surface area contributed by atoms with Crippen LogP contribution in [-0.2, 0) is 4.79 Å². The van der Waals surface area contributed by atoms with E-state index in [-0.39, 0.29) is 0 Å². The summed E-state index contributed by atoms with van der Waals surface area (Å²) in [7, 11) is 0. The van der Waals surface area contributed by atoms with E-state index in [2.05, 4.69) is 15.9 Å². The molecule has 18 heavy (non-hydrogen) atoms. The van der Waals surface area contributed by atoms with Crippen LogP contribution >= 0.6 is 15.9 Å². The Morgan fingerprint density at radius 1 is 0.778 bits per heavy atom. The number of fused-ring (bicyclic) bond motifs is 1. The molecule has 0 aliphatic heterocycles. The Hall–Kier alpha value is 0.150. The molecule has 0 radical (unpaired) electrons. The highest BCUT2D eigenvalue weighted by Crippen LogP contribution is 2.47. The van der Waals surface area contributed by atoms with Crippen molar-refractivity contribution in [2.75, 3.05) is 0 Å². The number of carbonyl (C=O) groups is 1. The Balaban J connectivity index is 1.55. The molecule has 0 amide bonds. The van der Waals surface area contributed by atoms with Gasteiger partial charge in [0.2, 0.25) is 0 Å². The summed E-state index contributed by atoms with van der Waals surface area (Å²) in [6.07, 6.45) is 12.8. The molecule has 2 heteroatoms. The third-order valence-electron chi connectivity index (χ3n) is 5.83. The SMILES string of the molecule is O=C1CCC2CC(C3CCC(Br)CC3)CCC2C1. The molecule has 3 atom stereocenters. The van der Waals surface area contributed by atoms with Crippen LogP contribution in [0, 0.1) is 23.7 Å². The van der Waals surface area contributed by atoms with Gasteiger partial charge in [0.25, 0.3) is 0 Å². The number of hydrogen-bond donors (Lipinski definition) is 0. The number of carbonyl (C=O) groups excluding carboxylic acids is 1. The van der Waals surface area contributed by atoms with Crippen LogP contribution in [0.4, 0.5) is 0 Å². The summed E-state index contributed by atoms with van der Waals surface area (Å²) in [5.41, 5.74) is 0. The third-order valence-corrected chi connectivity index (χ3v) is 6.75. The summed E-state index contributed by atoms with van der Waals surface area (Å²) in [6.45, 7) is 0. The van der Waals surface area contributed by atoms with Gasteiger partial charge < -0.3 is 0 Å². The van der Waals surface area contributed by atoms with Crippen molar-refractivity contribution < 1.29 is 4.79 Å². The van der Waals surface area contributed by atoms with Gasteiger partial charge in [-0.3, -0.25) is 4.79 Å². The first-order chi connectivity index (χ1) is 8.72. The highest BCUT2D eigenvalue weighted by atomic mass is 79.9. The van der Waals surface area contributed by atoms with Gasteiger partial charge in [-0.25, -0.2) is 0 Å². The lowest BCUT2D eigenvalue weighted by Gasteiger charge is -2.43. The molecule has 3 fully saturated rings. The smallest absolute Gasteiger partial charge is 0.133 e. The molecular weight excluding hydrogens is 288 g/mol. The lowest BCUT2D eigenvalue weighted by atomic mass is 9.63. The van der Waals surface area contributed by atoms with E-state index in [1.807, 2.05) is 0 Å². The maximum absolute atomic E-state index is 11.5. The number of hydrogen-bond acceptors (Lipinski definition) is 1. The van der Waals surface area contributed by atoms with Crippen molar-refractivity contribution in [3.8, 4) is 0 Å². The highest BCUT2D eigenvalue weighted by molar-refractivity contribution is 9.09. The molecule has 0 bridgehead atoms. The van der Waals surface area contributed by atoms with Crippen LogP contribution in [-0.4, -0.2) is 10.6 Å². The van der Waals surface area contributed by atoms with Crippen molar-refractivity contribution in [3.63, 3.8) is 0 Å². The van der Waals surface area contributed by atoms with Gasteiger partial charge in [0, 0.05) is 17.7 Å². The molecule has 0 aromatic heterocycles. The van der Waals surface area contributed by atoms with Crippen molar-refractivity contribution in [3.05, 3.63) is 0 Å². The van der Waals surface area contributed by atoms with E-state index in [1.54, 1.807) is 0 Å². The summed E-state index contributed by atoms with van der Waals surface area (Å²) in [4.78, 5) is 12.3. The first kappa shape index (κ1) is 13.1. The lowest BCUT2D eigenvalue weighted by molar-refractivity contribution is -0.123. The summed E-state index contributed by atoms with van der Waals surface area (Å²) >= 11 is 3.76. The fraction of sp³-hybridized carbons (Fsp3) is 0.938. The van der Waals surface area contributed by atoms with Crippen LogP contribution in [0.5, 0.6) is 0 Å². The fourth-order valence-corrected chi connectivity index (χ4v) is 5.23. The fourth-order valence-electron chi connectivity index (χ4n) is 4.70. The molecule has 3 aliphatic carbocycles. The standard InChI is InChI=1S/C16H25BrO/c17-15-6-3-11(4-7-15)12-1-2-14-10-16(18)8-5-13(14)9-12/h11-15H,1-10H2. The average Bonchev–Trinajstić information content (AvgIpc) is 2.39. The zero-order valence-electron chi connectivity index (χ0n) is 11.2. The van der Waals surface area contributed by atoms with Gasteiger partial charge in [-0.15, -0.1) is 0 Å². The Morgan fingerprint density at radius 2 is 1.39 bits per heavy atom. The number of halogens is 1. The average molecular weight is 313 g/mol. The van der Waals surface area contributed by atoms with Gasteiger partial charge in [-0.1, -0.05) is 15.9 Å². The molecule has 3 unspecified atom stereocenters. The Labute approximate surface area is 119 Å². The lowest BCUT2D eigenvalue weighted by Crippen LogP contribution is -2.34. The van der Waals surface area contributed by atoms with Gasteiger partial charge in [0.05, 0.1) is 0 Å². The summed E-state index contributed by atoms with van der Waals surface area (Å²) in [6, 6.07) is 0. The minimum Gasteiger partial charge on any atom is -0.300 e. The minimum atomic E-state index is 0.537. The van der Waals surface area contributed by atoms with E-state index < -0.39 is 0 Å². The largest absolute Gasteiger partial charge is 0.300 e. The van der Waals surface area contributed by atoms with Crippen molar-refractivity contribution in [1.29, 1.82) is 0 Å². The second-order valence-electron chi connectivity index (χ2n) is 6.89. The van der Waals surface area contributed by atoms with Gasteiger partial charge in [-0.2, -0.15) is 0 Å². The van der Waals surface area contributed by atoms with Gasteiger partial charge >= 0.3 is 0 Å². The minimum absolute atomic E-state index is 0.537. The Bertz CT molecular complexity index is 306. The van der Waals surface area contributed by atoms with Crippen LogP contribution in [0.15, 0.2) is 0 Å². The predicted molar refractivity (Wildman–Crippen MR) is 77.9 cm³/mol. The van der Waals surface area contributed by atoms with Crippen molar-refractivity contribution in [1.82, 2.24) is 0 Å². The Kier molecular flexibility index (Phi) is 4.12. The summed E-state index contributed by atoms with van der Waals surface area (Å²) < 4.78 is 0. The molecule has 3 aliphatic rings. The van der Waals surface area contributed by atoms with E-state index in [9.17, 15) is 4.79 Å². The van der Waals surface area contributed by atoms with Crippen molar-refractivity contribution >= 4 is 21.7 Å². The molecule has 0 saturated heterocycles. The molecule has 3 saturated carbocycles. The monoisotopic (exact) mass is 312 g/mol. The zero-order valence-corrected chi connectivity index (χ0v) is 12.8. The van der Waals surface area contributed by atoms with E-state index in [0.29, 0.717) is 5.78 Å². The molecule has 1 nitrogen and oxygen atoms in total. The van der Waals surface area contributed by atoms with Crippen LogP contribution in [0.3, 0.4) is 0 Å². The van der Waals surface area contributed by atoms with E-state index in [1.165, 1.54) is 51.4 Å². The Morgan fingerprint density at radius 3 is 2.17 bits per heavy atom. The van der Waals surface area contributed by atoms with E-state index in [0.717, 1.165) is 41.3 Å². The second kappa shape index (κ2) is 5.64. The van der Waals surface area contributed by atoms with Gasteiger partial charge in [-0.05, 0) is 75.0 Å². The number of ketones is 1. The summed E-state index contributed by atoms with van der Waals surface area (Å²) in [5.74, 6) is 4.17. The molecule has 0 aromatic rings. The number of Topliss-reactive ketones (excluding diaryl/α,β-unsaturated/α-hetero) is 1.